The highest BCUT2D eigenvalue weighted by atomic mass is 35.5. The number of halogens is 4. The van der Waals surface area contributed by atoms with Crippen molar-refractivity contribution in [3.63, 3.8) is 0 Å². The van der Waals surface area contributed by atoms with Crippen molar-refractivity contribution in [1.82, 2.24) is 0 Å². The molecule has 0 amide bonds. The van der Waals surface area contributed by atoms with E-state index in [4.69, 9.17) is 46.4 Å². The first-order valence-corrected chi connectivity index (χ1v) is 8.53. The predicted octanol–water partition coefficient (Wildman–Crippen LogP) is 5.29. The van der Waals surface area contributed by atoms with Crippen molar-refractivity contribution in [2.24, 2.45) is 0 Å². The van der Waals surface area contributed by atoms with Gasteiger partial charge in [-0.15, -0.1) is 0 Å². The number of rotatable bonds is 4. The van der Waals surface area contributed by atoms with Gasteiger partial charge in [-0.05, 0) is 36.4 Å². The number of carbonyl (C=O) groups excluding carboxylic acids is 1. The maximum atomic E-state index is 12.2. The first-order valence-electron chi connectivity index (χ1n) is 5.70. The van der Waals surface area contributed by atoms with Crippen LogP contribution in [-0.2, 0) is 10.8 Å². The molecular formula is C14H8Cl4O2S. The summed E-state index contributed by atoms with van der Waals surface area (Å²) in [6, 6.07) is 9.14. The topological polar surface area (TPSA) is 34.1 Å². The third-order valence-corrected chi connectivity index (χ3v) is 5.25. The first-order chi connectivity index (χ1) is 9.88. The highest BCUT2D eigenvalue weighted by molar-refractivity contribution is 7.85. The van der Waals surface area contributed by atoms with E-state index < -0.39 is 10.8 Å². The number of hydrogen-bond donors (Lipinski definition) is 0. The Kier molecular flexibility index (Phi) is 5.69. The second kappa shape index (κ2) is 7.12. The Labute approximate surface area is 144 Å². The molecule has 1 unspecified atom stereocenters. The first kappa shape index (κ1) is 16.8. The Morgan fingerprint density at radius 3 is 2.24 bits per heavy atom. The zero-order valence-corrected chi connectivity index (χ0v) is 14.2. The summed E-state index contributed by atoms with van der Waals surface area (Å²) in [5.74, 6) is -0.565. The zero-order chi connectivity index (χ0) is 15.6. The Morgan fingerprint density at radius 2 is 1.57 bits per heavy atom. The van der Waals surface area contributed by atoms with E-state index in [-0.39, 0.29) is 27.1 Å². The van der Waals surface area contributed by atoms with Crippen LogP contribution in [0.15, 0.2) is 41.3 Å². The van der Waals surface area contributed by atoms with E-state index in [2.05, 4.69) is 0 Å². The van der Waals surface area contributed by atoms with Crippen LogP contribution in [0.5, 0.6) is 0 Å². The van der Waals surface area contributed by atoms with E-state index in [1.807, 2.05) is 0 Å². The molecule has 7 heteroatoms. The van der Waals surface area contributed by atoms with Crippen molar-refractivity contribution in [2.75, 3.05) is 5.75 Å². The van der Waals surface area contributed by atoms with Crippen LogP contribution in [-0.4, -0.2) is 15.7 Å². The molecule has 2 aromatic rings. The Balaban J connectivity index is 2.20. The van der Waals surface area contributed by atoms with Gasteiger partial charge in [0, 0.05) is 15.5 Å². The molecule has 0 spiro atoms. The van der Waals surface area contributed by atoms with Gasteiger partial charge >= 0.3 is 0 Å². The van der Waals surface area contributed by atoms with Crippen LogP contribution >= 0.6 is 46.4 Å². The van der Waals surface area contributed by atoms with E-state index in [1.54, 1.807) is 12.1 Å². The van der Waals surface area contributed by atoms with Gasteiger partial charge in [0.05, 0.1) is 31.6 Å². The van der Waals surface area contributed by atoms with Crippen LogP contribution in [0.3, 0.4) is 0 Å². The van der Waals surface area contributed by atoms with E-state index in [0.717, 1.165) is 0 Å². The van der Waals surface area contributed by atoms with Crippen LogP contribution in [0.4, 0.5) is 0 Å². The summed E-state index contributed by atoms with van der Waals surface area (Å²) in [7, 11) is -1.54. The second-order valence-corrected chi connectivity index (χ2v) is 7.22. The van der Waals surface area contributed by atoms with E-state index in [1.165, 1.54) is 24.3 Å². The summed E-state index contributed by atoms with van der Waals surface area (Å²) >= 11 is 23.4. The van der Waals surface area contributed by atoms with Gasteiger partial charge in [0.1, 0.15) is 0 Å². The van der Waals surface area contributed by atoms with Gasteiger partial charge in [-0.1, -0.05) is 46.4 Å². The molecule has 0 aliphatic carbocycles. The lowest BCUT2D eigenvalue weighted by atomic mass is 10.1. The quantitative estimate of drug-likeness (QED) is 0.674. The van der Waals surface area contributed by atoms with Gasteiger partial charge in [-0.3, -0.25) is 9.00 Å². The van der Waals surface area contributed by atoms with E-state index in [9.17, 15) is 9.00 Å². The van der Waals surface area contributed by atoms with Crippen molar-refractivity contribution < 1.29 is 9.00 Å². The average molecular weight is 382 g/mol. The van der Waals surface area contributed by atoms with Crippen molar-refractivity contribution in [1.29, 1.82) is 0 Å². The number of benzene rings is 2. The summed E-state index contributed by atoms with van der Waals surface area (Å²) in [6.07, 6.45) is 0. The molecule has 0 bridgehead atoms. The minimum Gasteiger partial charge on any atom is -0.293 e. The number of carbonyl (C=O) groups is 1. The van der Waals surface area contributed by atoms with Gasteiger partial charge in [0.25, 0.3) is 0 Å². The summed E-state index contributed by atoms with van der Waals surface area (Å²) < 4.78 is 12.2. The van der Waals surface area contributed by atoms with Crippen LogP contribution in [0.1, 0.15) is 10.4 Å². The van der Waals surface area contributed by atoms with E-state index >= 15 is 0 Å². The zero-order valence-electron chi connectivity index (χ0n) is 10.4. The van der Waals surface area contributed by atoms with Crippen LogP contribution in [0, 0.1) is 0 Å². The van der Waals surface area contributed by atoms with Crippen molar-refractivity contribution in [3.8, 4) is 0 Å². The van der Waals surface area contributed by atoms with Crippen molar-refractivity contribution in [3.05, 3.63) is 62.1 Å². The van der Waals surface area contributed by atoms with Gasteiger partial charge in [0.2, 0.25) is 0 Å². The average Bonchev–Trinajstić information content (AvgIpc) is 2.44. The fourth-order valence-electron chi connectivity index (χ4n) is 1.61. The standard InChI is InChI=1S/C14H8Cl4O2S/c15-8-1-3-11(16)10(5-8)14(19)7-21(20)9-2-4-12(17)13(18)6-9/h1-6H,7H2. The molecule has 0 aromatic heterocycles. The molecule has 0 saturated heterocycles. The molecule has 0 heterocycles. The molecule has 0 aliphatic rings. The van der Waals surface area contributed by atoms with Gasteiger partial charge in [-0.2, -0.15) is 0 Å². The second-order valence-electron chi connectivity index (χ2n) is 4.11. The number of hydrogen-bond acceptors (Lipinski definition) is 2. The molecule has 0 saturated carbocycles. The van der Waals surface area contributed by atoms with Crippen LogP contribution in [0.2, 0.25) is 20.1 Å². The normalized spacial score (nSPS) is 12.2. The largest absolute Gasteiger partial charge is 0.293 e. The molecule has 0 radical (unpaired) electrons. The molecule has 0 aliphatic heterocycles. The summed E-state index contributed by atoms with van der Waals surface area (Å²) in [4.78, 5) is 12.6. The molecule has 2 nitrogen and oxygen atoms in total. The monoisotopic (exact) mass is 380 g/mol. The predicted molar refractivity (Wildman–Crippen MR) is 88.5 cm³/mol. The lowest BCUT2D eigenvalue weighted by Crippen LogP contribution is -2.11. The minimum atomic E-state index is -1.54. The van der Waals surface area contributed by atoms with Crippen LogP contribution in [0.25, 0.3) is 0 Å². The summed E-state index contributed by atoms with van der Waals surface area (Å²) in [5, 5.41) is 1.32. The molecule has 2 rings (SSSR count). The molecule has 0 N–H and O–H groups in total. The van der Waals surface area contributed by atoms with Crippen molar-refractivity contribution in [2.45, 2.75) is 4.90 Å². The highest BCUT2D eigenvalue weighted by Crippen LogP contribution is 2.25. The minimum absolute atomic E-state index is 0.210. The maximum absolute atomic E-state index is 12.2. The Morgan fingerprint density at radius 1 is 0.905 bits per heavy atom. The van der Waals surface area contributed by atoms with Crippen LogP contribution < -0.4 is 0 Å². The number of Topliss-reactive ketones (excluding diaryl/α,β-unsaturated/α-hetero) is 1. The van der Waals surface area contributed by atoms with Crippen molar-refractivity contribution >= 4 is 63.0 Å². The lowest BCUT2D eigenvalue weighted by molar-refractivity contribution is 0.102. The van der Waals surface area contributed by atoms with E-state index in [0.29, 0.717) is 14.9 Å². The fraction of sp³-hybridized carbons (Fsp3) is 0.0714. The third kappa shape index (κ3) is 4.21. The number of ketones is 1. The van der Waals surface area contributed by atoms with Gasteiger partial charge < -0.3 is 0 Å². The lowest BCUT2D eigenvalue weighted by Gasteiger charge is -2.06. The smallest absolute Gasteiger partial charge is 0.177 e. The molecular weight excluding hydrogens is 374 g/mol. The molecule has 2 aromatic carbocycles. The maximum Gasteiger partial charge on any atom is 0.177 e. The summed E-state index contributed by atoms with van der Waals surface area (Å²) in [5.41, 5.74) is 0.248. The highest BCUT2D eigenvalue weighted by Gasteiger charge is 2.16. The molecule has 21 heavy (non-hydrogen) atoms. The summed E-state index contributed by atoms with van der Waals surface area (Å²) in [6.45, 7) is 0. The van der Waals surface area contributed by atoms with Gasteiger partial charge in [0.15, 0.2) is 5.78 Å². The molecule has 1 atom stereocenters. The van der Waals surface area contributed by atoms with Gasteiger partial charge in [-0.25, -0.2) is 0 Å². The molecule has 0 fully saturated rings. The SMILES string of the molecule is O=C(CS(=O)c1ccc(Cl)c(Cl)c1)c1cc(Cl)ccc1Cl. The Bertz CT molecular complexity index is 731. The fourth-order valence-corrected chi connectivity index (χ4v) is 3.40. The Hall–Kier alpha value is -0.580. The third-order valence-electron chi connectivity index (χ3n) is 2.64. The molecule has 110 valence electrons.